The van der Waals surface area contributed by atoms with Crippen LogP contribution in [0.25, 0.3) is 14.6 Å². The van der Waals surface area contributed by atoms with Crippen molar-refractivity contribution in [2.45, 2.75) is 119 Å². The molecule has 216 valence electrons. The Balaban J connectivity index is 0. The molecule has 0 N–H and O–H groups in total. The maximum absolute atomic E-state index is 4.82. The quantitative estimate of drug-likeness (QED) is 0.174. The molecule has 2 aromatic rings. The molecule has 0 saturated carbocycles. The van der Waals surface area contributed by atoms with E-state index in [1.54, 1.807) is 0 Å². The van der Waals surface area contributed by atoms with Gasteiger partial charge in [-0.3, -0.25) is 0 Å². The van der Waals surface area contributed by atoms with E-state index < -0.39 is 32.9 Å². The van der Waals surface area contributed by atoms with Gasteiger partial charge in [-0.2, -0.15) is 0 Å². The molecular weight excluding hydrogens is 658 g/mol. The van der Waals surface area contributed by atoms with Crippen LogP contribution in [-0.4, -0.2) is 55.2 Å². The van der Waals surface area contributed by atoms with E-state index in [0.717, 1.165) is 26.2 Å². The molecule has 2 heterocycles. The molecule has 2 rings (SSSR count). The van der Waals surface area contributed by atoms with Crippen molar-refractivity contribution in [3.05, 3.63) is 61.7 Å². The third kappa shape index (κ3) is 21.3. The van der Waals surface area contributed by atoms with E-state index in [2.05, 4.69) is 145 Å². The van der Waals surface area contributed by atoms with Gasteiger partial charge in [0.15, 0.2) is 0 Å². The molecule has 0 aromatic carbocycles. The van der Waals surface area contributed by atoms with E-state index in [9.17, 15) is 0 Å². The van der Waals surface area contributed by atoms with Gasteiger partial charge in [0.2, 0.25) is 0 Å². The van der Waals surface area contributed by atoms with E-state index in [1.807, 2.05) is 0 Å². The summed E-state index contributed by atoms with van der Waals surface area (Å²) >= 11 is 0. The Bertz CT molecular complexity index is 777. The first-order valence-electron chi connectivity index (χ1n) is 13.9. The predicted molar refractivity (Wildman–Crippen MR) is 181 cm³/mol. The summed E-state index contributed by atoms with van der Waals surface area (Å²) in [5.74, 6) is 0. The van der Waals surface area contributed by atoms with Gasteiger partial charge in [-0.25, -0.2) is 0 Å². The first kappa shape index (κ1) is 40.6. The Kier molecular flexibility index (Phi) is 18.7. The Morgan fingerprint density at radius 2 is 0.684 bits per heavy atom. The molecule has 0 atom stereocenters. The molecule has 0 unspecified atom stereocenters. The molecule has 0 aliphatic rings. The van der Waals surface area contributed by atoms with Gasteiger partial charge < -0.3 is 23.7 Å². The van der Waals surface area contributed by atoms with Crippen LogP contribution in [0.15, 0.2) is 24.3 Å². The van der Waals surface area contributed by atoms with E-state index in [-0.39, 0.29) is 35.6 Å². The van der Waals surface area contributed by atoms with Crippen molar-refractivity contribution in [2.24, 2.45) is 0 Å². The molecule has 2 aromatic heterocycles. The van der Waals surface area contributed by atoms with E-state index in [1.165, 1.54) is 22.8 Å². The molecular formula is C28H60LaN5Si4. The summed E-state index contributed by atoms with van der Waals surface area (Å²) in [6, 6.07) is 8.67. The Morgan fingerprint density at radius 3 is 0.842 bits per heavy atom. The number of hydrogen-bond donors (Lipinski definition) is 0. The van der Waals surface area contributed by atoms with Crippen LogP contribution in [0.2, 0.25) is 78.6 Å². The number of aryl methyl sites for hydroxylation is 4. The van der Waals surface area contributed by atoms with Crippen molar-refractivity contribution >= 4 is 32.9 Å². The third-order valence-electron chi connectivity index (χ3n) is 5.14. The molecule has 0 spiro atoms. The normalized spacial score (nSPS) is 12.2. The average molecular weight is 718 g/mol. The summed E-state index contributed by atoms with van der Waals surface area (Å²) < 4.78 is 14.3. The van der Waals surface area contributed by atoms with Crippen LogP contribution in [0.1, 0.15) is 22.8 Å². The molecule has 0 saturated heterocycles. The number of nitrogens with zero attached hydrogens (tertiary/aromatic N) is 5. The fourth-order valence-corrected chi connectivity index (χ4v) is 20.7. The molecule has 38 heavy (non-hydrogen) atoms. The summed E-state index contributed by atoms with van der Waals surface area (Å²) in [5.41, 5.74) is 5.30. The second-order valence-corrected chi connectivity index (χ2v) is 33.3. The summed E-state index contributed by atoms with van der Waals surface area (Å²) in [4.78, 5) is 0. The molecule has 10 heteroatoms. The monoisotopic (exact) mass is 717 g/mol. The van der Waals surface area contributed by atoms with Gasteiger partial charge in [0.05, 0.1) is 0 Å². The maximum atomic E-state index is 4.82. The summed E-state index contributed by atoms with van der Waals surface area (Å²) in [7, 11) is -4.42. The molecule has 0 amide bonds. The Morgan fingerprint density at radius 1 is 0.474 bits per heavy atom. The third-order valence-corrected chi connectivity index (χ3v) is 15.9. The van der Waals surface area contributed by atoms with Crippen molar-refractivity contribution in [2.75, 3.05) is 13.1 Å². The van der Waals surface area contributed by atoms with Crippen LogP contribution in [0.4, 0.5) is 0 Å². The van der Waals surface area contributed by atoms with Crippen molar-refractivity contribution in [3.8, 4) is 0 Å². The predicted octanol–water partition coefficient (Wildman–Crippen LogP) is 9.66. The van der Waals surface area contributed by atoms with Gasteiger partial charge in [-0.1, -0.05) is 112 Å². The Labute approximate surface area is 269 Å². The van der Waals surface area contributed by atoms with Crippen LogP contribution in [-0.2, 0) is 13.1 Å². The molecule has 5 nitrogen and oxygen atoms in total. The van der Waals surface area contributed by atoms with Crippen molar-refractivity contribution in [3.63, 3.8) is 0 Å². The zero-order valence-electron chi connectivity index (χ0n) is 28.0. The van der Waals surface area contributed by atoms with Gasteiger partial charge in [0.25, 0.3) is 0 Å². The zero-order valence-corrected chi connectivity index (χ0v) is 35.6. The van der Waals surface area contributed by atoms with Gasteiger partial charge in [-0.05, 0) is 52.0 Å². The van der Waals surface area contributed by atoms with Crippen molar-refractivity contribution in [1.29, 1.82) is 0 Å². The van der Waals surface area contributed by atoms with Crippen molar-refractivity contribution < 1.29 is 35.6 Å². The number of hydrogen-bond acceptors (Lipinski definition) is 0. The van der Waals surface area contributed by atoms with Gasteiger partial charge >= 0.3 is 35.6 Å². The van der Waals surface area contributed by atoms with Gasteiger partial charge in [-0.15, -0.1) is 13.1 Å². The van der Waals surface area contributed by atoms with Gasteiger partial charge in [0, 0.05) is 35.9 Å². The largest absolute Gasteiger partial charge is 3.00 e. The molecule has 0 fully saturated rings. The minimum absolute atomic E-state index is 0. The summed E-state index contributed by atoms with van der Waals surface area (Å²) in [6.07, 6.45) is 0. The fourth-order valence-electron chi connectivity index (χ4n) is 4.57. The van der Waals surface area contributed by atoms with E-state index in [0.29, 0.717) is 0 Å². The number of rotatable bonds is 10. The fraction of sp³-hybridized carbons (Fsp3) is 0.714. The SMILES string of the molecule is C[Si](C)(C)[N-][Si](C)(C)C.C[Si](C)(C)[N-][Si](C)(C)C.Cc1ccc(C)n1CC[N-]CCn1c(C)ccc1C.[La+3]. The molecule has 0 aliphatic carbocycles. The second kappa shape index (κ2) is 17.5. The topological polar surface area (TPSA) is 52.2 Å². The molecule has 0 radical (unpaired) electrons. The first-order chi connectivity index (χ1) is 16.5. The molecule has 0 aliphatic heterocycles. The maximum Gasteiger partial charge on any atom is 3.00 e. The van der Waals surface area contributed by atoms with Crippen LogP contribution < -0.4 is 0 Å². The zero-order chi connectivity index (χ0) is 29.2. The standard InChI is InChI=1S/C16H24N3.2C6H18NSi2.La/c1-13-5-6-14(2)18(13)11-9-17-10-12-19-15(3)7-8-16(19)4;2*1-8(2,3)7-9(4,5)6;/h5-8H,9-12H2,1-4H3;2*1-6H3;/q3*-1;+3. The molecule has 0 bridgehead atoms. The Hall–Kier alpha value is 0.502. The van der Waals surface area contributed by atoms with Crippen LogP contribution in [0.5, 0.6) is 0 Å². The van der Waals surface area contributed by atoms with Crippen LogP contribution in [0.3, 0.4) is 0 Å². The smallest absolute Gasteiger partial charge is 0.668 e. The first-order valence-corrected chi connectivity index (χ1v) is 27.7. The average Bonchev–Trinajstić information content (AvgIpc) is 3.12. The van der Waals surface area contributed by atoms with Crippen molar-refractivity contribution in [1.82, 2.24) is 9.13 Å². The second-order valence-electron chi connectivity index (χ2n) is 14.1. The summed E-state index contributed by atoms with van der Waals surface area (Å²) in [6.45, 7) is 40.0. The summed E-state index contributed by atoms with van der Waals surface area (Å²) in [5, 5.41) is 4.64. The minimum Gasteiger partial charge on any atom is -0.668 e. The van der Waals surface area contributed by atoms with Crippen LogP contribution >= 0.6 is 0 Å². The van der Waals surface area contributed by atoms with E-state index in [4.69, 9.17) is 9.30 Å². The van der Waals surface area contributed by atoms with Crippen LogP contribution in [0, 0.1) is 63.3 Å². The van der Waals surface area contributed by atoms with Gasteiger partial charge in [0.1, 0.15) is 0 Å². The van der Waals surface area contributed by atoms with E-state index >= 15 is 0 Å². The number of aromatic nitrogens is 2. The minimum atomic E-state index is -1.11.